The summed E-state index contributed by atoms with van der Waals surface area (Å²) in [6.07, 6.45) is 0.114. The lowest BCUT2D eigenvalue weighted by Gasteiger charge is -2.34. The zero-order valence-corrected chi connectivity index (χ0v) is 28.6. The molecule has 5 atom stereocenters. The highest BCUT2D eigenvalue weighted by Gasteiger charge is 2.44. The summed E-state index contributed by atoms with van der Waals surface area (Å²) in [5.41, 5.74) is 0.901. The van der Waals surface area contributed by atoms with E-state index in [1.807, 2.05) is 36.4 Å². The van der Waals surface area contributed by atoms with Crippen molar-refractivity contribution in [2.24, 2.45) is 0 Å². The number of aliphatic hydroxyl groups is 1. The van der Waals surface area contributed by atoms with Gasteiger partial charge in [0, 0.05) is 35.5 Å². The first-order chi connectivity index (χ1) is 21.9. The minimum atomic E-state index is -0.961. The highest BCUT2D eigenvalue weighted by atomic mass is 127. The van der Waals surface area contributed by atoms with Crippen molar-refractivity contribution < 1.29 is 43.2 Å². The van der Waals surface area contributed by atoms with Crippen molar-refractivity contribution in [3.8, 4) is 0 Å². The zero-order chi connectivity index (χ0) is 33.4. The number of benzene rings is 2. The van der Waals surface area contributed by atoms with Gasteiger partial charge in [0.15, 0.2) is 0 Å². The molecule has 248 valence electrons. The molecule has 2 aromatic rings. The highest BCUT2D eigenvalue weighted by Crippen LogP contribution is 2.32. The van der Waals surface area contributed by atoms with Crippen molar-refractivity contribution in [2.75, 3.05) is 20.4 Å². The van der Waals surface area contributed by atoms with E-state index in [2.05, 4.69) is 27.9 Å². The van der Waals surface area contributed by atoms with E-state index in [-0.39, 0.29) is 32.5 Å². The molecule has 0 saturated carbocycles. The van der Waals surface area contributed by atoms with E-state index >= 15 is 0 Å². The maximum atomic E-state index is 14.0. The van der Waals surface area contributed by atoms with Crippen LogP contribution in [0.25, 0.3) is 0 Å². The van der Waals surface area contributed by atoms with Gasteiger partial charge in [-0.1, -0.05) is 42.5 Å². The van der Waals surface area contributed by atoms with Crippen LogP contribution in [0.2, 0.25) is 0 Å². The second-order valence-electron chi connectivity index (χ2n) is 12.3. The molecule has 0 spiro atoms. The first-order valence-corrected chi connectivity index (χ1v) is 16.3. The average molecular weight is 749 g/mol. The van der Waals surface area contributed by atoms with E-state index in [9.17, 15) is 24.3 Å². The van der Waals surface area contributed by atoms with Crippen LogP contribution in [0.3, 0.4) is 0 Å². The van der Waals surface area contributed by atoms with Crippen molar-refractivity contribution in [2.45, 2.75) is 82.5 Å². The van der Waals surface area contributed by atoms with Crippen LogP contribution in [0.4, 0.5) is 0 Å². The SMILES string of the molecule is CN(C(=O)C1=CC2OCOC2C(OC(=O)c2ccccc2I)C1)C(Cc1ccccc1)C(=O)NC(CO)CCC(=O)OC(C)(C)C. The molecule has 1 fully saturated rings. The Morgan fingerprint density at radius 2 is 1.76 bits per heavy atom. The van der Waals surface area contributed by atoms with Gasteiger partial charge in [-0.3, -0.25) is 14.4 Å². The zero-order valence-electron chi connectivity index (χ0n) is 26.4. The van der Waals surface area contributed by atoms with Crippen LogP contribution in [0, 0.1) is 3.57 Å². The van der Waals surface area contributed by atoms with Gasteiger partial charge in [-0.25, -0.2) is 4.79 Å². The number of ether oxygens (including phenoxy) is 4. The molecule has 1 aliphatic carbocycles. The Kier molecular flexibility index (Phi) is 12.3. The number of amides is 2. The minimum Gasteiger partial charge on any atom is -0.460 e. The number of carbonyl (C=O) groups excluding carboxylic acids is 4. The molecule has 2 N–H and O–H groups in total. The normalized spacial score (nSPS) is 20.5. The van der Waals surface area contributed by atoms with E-state index in [0.29, 0.717) is 11.1 Å². The fourth-order valence-electron chi connectivity index (χ4n) is 5.34. The molecule has 11 nitrogen and oxygen atoms in total. The summed E-state index contributed by atoms with van der Waals surface area (Å²) in [5, 5.41) is 12.8. The molecule has 12 heteroatoms. The Hall–Kier alpha value is -3.33. The van der Waals surface area contributed by atoms with Gasteiger partial charge >= 0.3 is 11.9 Å². The van der Waals surface area contributed by atoms with Crippen LogP contribution >= 0.6 is 22.6 Å². The van der Waals surface area contributed by atoms with Gasteiger partial charge in [0.05, 0.1) is 18.2 Å². The van der Waals surface area contributed by atoms with E-state index in [1.165, 1.54) is 11.9 Å². The first-order valence-electron chi connectivity index (χ1n) is 15.2. The van der Waals surface area contributed by atoms with Crippen molar-refractivity contribution in [1.29, 1.82) is 0 Å². The molecule has 0 bridgehead atoms. The Balaban J connectivity index is 1.50. The summed E-state index contributed by atoms with van der Waals surface area (Å²) >= 11 is 2.06. The third-order valence-corrected chi connectivity index (χ3v) is 8.61. The van der Waals surface area contributed by atoms with Gasteiger partial charge in [-0.2, -0.15) is 0 Å². The van der Waals surface area contributed by atoms with Gasteiger partial charge in [-0.05, 0) is 73.6 Å². The molecule has 0 radical (unpaired) electrons. The molecule has 1 aliphatic heterocycles. The summed E-state index contributed by atoms with van der Waals surface area (Å²) in [6.45, 7) is 4.89. The topological polar surface area (TPSA) is 141 Å². The molecule has 2 aliphatic rings. The van der Waals surface area contributed by atoms with Crippen molar-refractivity contribution in [3.63, 3.8) is 0 Å². The lowest BCUT2D eigenvalue weighted by Crippen LogP contribution is -2.53. The lowest BCUT2D eigenvalue weighted by atomic mass is 9.90. The molecule has 4 rings (SSSR count). The molecule has 46 heavy (non-hydrogen) atoms. The number of esters is 2. The number of halogens is 1. The second kappa shape index (κ2) is 16.0. The number of hydrogen-bond acceptors (Lipinski definition) is 9. The molecule has 1 saturated heterocycles. The number of hydrogen-bond donors (Lipinski definition) is 2. The Morgan fingerprint density at radius 1 is 1.07 bits per heavy atom. The van der Waals surface area contributed by atoms with Crippen LogP contribution in [0.1, 0.15) is 56.0 Å². The quantitative estimate of drug-likeness (QED) is 0.247. The number of nitrogens with zero attached hydrogens (tertiary/aromatic N) is 1. The van der Waals surface area contributed by atoms with Crippen LogP contribution in [-0.2, 0) is 39.8 Å². The monoisotopic (exact) mass is 748 g/mol. The van der Waals surface area contributed by atoms with Gasteiger partial charge in [0.25, 0.3) is 0 Å². The number of rotatable bonds is 12. The Bertz CT molecular complexity index is 1430. The number of carbonyl (C=O) groups is 4. The van der Waals surface area contributed by atoms with Crippen molar-refractivity contribution >= 4 is 46.3 Å². The van der Waals surface area contributed by atoms with Crippen LogP contribution in [0.15, 0.2) is 66.2 Å². The average Bonchev–Trinajstić information content (AvgIpc) is 3.50. The molecular formula is C34H41IN2O9. The summed E-state index contributed by atoms with van der Waals surface area (Å²) in [7, 11) is 1.54. The second-order valence-corrected chi connectivity index (χ2v) is 13.5. The van der Waals surface area contributed by atoms with E-state index in [0.717, 1.165) is 9.13 Å². The summed E-state index contributed by atoms with van der Waals surface area (Å²) in [6, 6.07) is 14.6. The van der Waals surface area contributed by atoms with Gasteiger partial charge < -0.3 is 34.3 Å². The smallest absolute Gasteiger partial charge is 0.339 e. The predicted molar refractivity (Wildman–Crippen MR) is 176 cm³/mol. The molecule has 2 amide bonds. The van der Waals surface area contributed by atoms with Crippen molar-refractivity contribution in [3.05, 3.63) is 80.9 Å². The predicted octanol–water partition coefficient (Wildman–Crippen LogP) is 3.56. The Labute approximate surface area is 282 Å². The maximum absolute atomic E-state index is 14.0. The van der Waals surface area contributed by atoms with Gasteiger partial charge in [0.1, 0.15) is 36.7 Å². The minimum absolute atomic E-state index is 0.000548. The fourth-order valence-corrected chi connectivity index (χ4v) is 5.95. The third kappa shape index (κ3) is 9.60. The largest absolute Gasteiger partial charge is 0.460 e. The van der Waals surface area contributed by atoms with E-state index in [4.69, 9.17) is 18.9 Å². The fraction of sp³-hybridized carbons (Fsp3) is 0.471. The number of likely N-dealkylation sites (N-methyl/N-ethyl adjacent to an activating group) is 1. The van der Waals surface area contributed by atoms with Gasteiger partial charge in [-0.15, -0.1) is 0 Å². The Morgan fingerprint density at radius 3 is 2.43 bits per heavy atom. The third-order valence-electron chi connectivity index (χ3n) is 7.67. The lowest BCUT2D eigenvalue weighted by molar-refractivity contribution is -0.155. The van der Waals surface area contributed by atoms with Gasteiger partial charge in [0.2, 0.25) is 11.8 Å². The summed E-state index contributed by atoms with van der Waals surface area (Å²) in [4.78, 5) is 54.4. The van der Waals surface area contributed by atoms with Crippen molar-refractivity contribution in [1.82, 2.24) is 10.2 Å². The van der Waals surface area contributed by atoms with E-state index in [1.54, 1.807) is 45.0 Å². The number of fused-ring (bicyclic) bond motifs is 1. The number of nitrogens with one attached hydrogen (secondary N) is 1. The van der Waals surface area contributed by atoms with Crippen LogP contribution in [0.5, 0.6) is 0 Å². The maximum Gasteiger partial charge on any atom is 0.339 e. The van der Waals surface area contributed by atoms with Crippen LogP contribution in [-0.4, -0.2) is 90.2 Å². The molecule has 2 aromatic carbocycles. The molecule has 0 aromatic heterocycles. The molecule has 1 heterocycles. The molecule has 5 unspecified atom stereocenters. The summed E-state index contributed by atoms with van der Waals surface area (Å²) < 4.78 is 23.4. The van der Waals surface area contributed by atoms with E-state index < -0.39 is 66.4 Å². The standard InChI is InChI=1S/C34H41IN2O9/c1-34(2,3)46-29(39)15-14-23(19-38)36-31(40)26(16-21-10-6-5-7-11-21)37(4)32(41)22-17-27-30(44-20-43-27)28(18-22)45-33(42)24-12-8-9-13-25(24)35/h5-13,17,23,26-28,30,38H,14-16,18-20H2,1-4H3,(H,36,40). The molecular weight excluding hydrogens is 707 g/mol. The summed E-state index contributed by atoms with van der Waals surface area (Å²) in [5.74, 6) is -1.89. The highest BCUT2D eigenvalue weighted by molar-refractivity contribution is 14.1. The van der Waals surface area contributed by atoms with Crippen LogP contribution < -0.4 is 5.32 Å². The number of aliphatic hydroxyl groups excluding tert-OH is 1. The first kappa shape index (κ1) is 35.5.